The summed E-state index contributed by atoms with van der Waals surface area (Å²) in [6, 6.07) is 0. The van der Waals surface area contributed by atoms with Gasteiger partial charge in [-0.15, -0.1) is 0 Å². The van der Waals surface area contributed by atoms with E-state index in [1.54, 1.807) is 29.4 Å². The number of hydrogen-bond donors (Lipinski definition) is 0. The molecular weight excluding hydrogens is 88.1 g/mol. The predicted molar refractivity (Wildman–Crippen MR) is 25.2 cm³/mol. The Labute approximate surface area is 42.4 Å². The van der Waals surface area contributed by atoms with Crippen LogP contribution in [0, 0.1) is 7.05 Å². The summed E-state index contributed by atoms with van der Waals surface area (Å²) in [7, 11) is 3.60. The maximum absolute atomic E-state index is 3.78. The summed E-state index contributed by atoms with van der Waals surface area (Å²) in [5.74, 6) is 0. The van der Waals surface area contributed by atoms with E-state index in [0.29, 0.717) is 0 Å². The Morgan fingerprint density at radius 2 is 1.86 bits per heavy atom. The summed E-state index contributed by atoms with van der Waals surface area (Å²) in [6.45, 7) is 0. The minimum absolute atomic E-state index is 1.69. The van der Waals surface area contributed by atoms with Crippen LogP contribution in [0.2, 0.25) is 0 Å². The fourth-order valence-electron chi connectivity index (χ4n) is 0.348. The second-order valence-corrected chi connectivity index (χ2v) is 1.26. The molecule has 1 heterocycles. The van der Waals surface area contributed by atoms with Crippen LogP contribution in [0.3, 0.4) is 0 Å². The fourth-order valence-corrected chi connectivity index (χ4v) is 0.348. The van der Waals surface area contributed by atoms with Crippen molar-refractivity contribution in [2.45, 2.75) is 0 Å². The third kappa shape index (κ3) is 0.961. The first-order valence-corrected chi connectivity index (χ1v) is 2.02. The van der Waals surface area contributed by atoms with E-state index in [0.717, 1.165) is 0 Å². The van der Waals surface area contributed by atoms with Gasteiger partial charge in [0.2, 0.25) is 7.05 Å². The van der Waals surface area contributed by atoms with Crippen molar-refractivity contribution in [3.8, 4) is 0 Å². The van der Waals surface area contributed by atoms with Gasteiger partial charge in [-0.05, 0) is 0 Å². The van der Waals surface area contributed by atoms with Crippen LogP contribution in [-0.4, -0.2) is 4.98 Å². The van der Waals surface area contributed by atoms with E-state index in [9.17, 15) is 0 Å². The number of rotatable bonds is 0. The molecule has 0 unspecified atom stereocenters. The van der Waals surface area contributed by atoms with Crippen LogP contribution in [0.1, 0.15) is 0 Å². The lowest BCUT2D eigenvalue weighted by Gasteiger charge is -1.76. The Morgan fingerprint density at radius 3 is 2.14 bits per heavy atom. The second-order valence-electron chi connectivity index (χ2n) is 1.26. The Morgan fingerprint density at radius 1 is 1.29 bits per heavy atom. The highest BCUT2D eigenvalue weighted by Crippen LogP contribution is 1.64. The molecule has 0 aromatic carbocycles. The van der Waals surface area contributed by atoms with Crippen LogP contribution < -0.4 is 4.57 Å². The molecule has 1 rings (SSSR count). The molecule has 0 aliphatic heterocycles. The van der Waals surface area contributed by atoms with Gasteiger partial charge in [0.05, 0.1) is 12.4 Å². The predicted octanol–water partition coefficient (Wildman–Crippen LogP) is 0.00879. The summed E-state index contributed by atoms with van der Waals surface area (Å²) in [4.78, 5) is 3.78. The molecule has 0 aliphatic rings. The number of aromatic nitrogens is 2. The van der Waals surface area contributed by atoms with Gasteiger partial charge < -0.3 is 0 Å². The summed E-state index contributed by atoms with van der Waals surface area (Å²) < 4.78 is 1.69. The van der Waals surface area contributed by atoms with Crippen LogP contribution in [0.25, 0.3) is 0 Å². The minimum Gasteiger partial charge on any atom is -0.252 e. The normalized spacial score (nSPS) is 8.71. The highest BCUT2D eigenvalue weighted by atomic mass is 14.9. The minimum atomic E-state index is 1.69. The molecule has 0 atom stereocenters. The van der Waals surface area contributed by atoms with E-state index in [1.807, 2.05) is 0 Å². The van der Waals surface area contributed by atoms with Crippen LogP contribution in [0.4, 0.5) is 0 Å². The third-order valence-electron chi connectivity index (χ3n) is 0.688. The van der Waals surface area contributed by atoms with Gasteiger partial charge in [-0.25, -0.2) is 0 Å². The Balaban J connectivity index is 3.02. The van der Waals surface area contributed by atoms with E-state index in [-0.39, 0.29) is 0 Å². The van der Waals surface area contributed by atoms with Crippen molar-refractivity contribution in [1.29, 1.82) is 0 Å². The van der Waals surface area contributed by atoms with E-state index < -0.39 is 0 Å². The van der Waals surface area contributed by atoms with Gasteiger partial charge in [0, 0.05) is 0 Å². The van der Waals surface area contributed by atoms with Gasteiger partial charge in [0.25, 0.3) is 0 Å². The maximum Gasteiger partial charge on any atom is 0.206 e. The second kappa shape index (κ2) is 1.69. The lowest BCUT2D eigenvalue weighted by atomic mass is 10.7. The molecule has 0 saturated heterocycles. The van der Waals surface area contributed by atoms with Gasteiger partial charge >= 0.3 is 0 Å². The fraction of sp³-hybridized carbons (Fsp3) is 0. The molecule has 7 heavy (non-hydrogen) atoms. The van der Waals surface area contributed by atoms with Crippen molar-refractivity contribution < 1.29 is 4.57 Å². The molecule has 0 spiro atoms. The first kappa shape index (κ1) is 4.24. The smallest absolute Gasteiger partial charge is 0.206 e. The summed E-state index contributed by atoms with van der Waals surface area (Å²) >= 11 is 0. The van der Waals surface area contributed by atoms with Gasteiger partial charge in [0.15, 0.2) is 12.4 Å². The Kier molecular flexibility index (Phi) is 1.02. The molecule has 2 nitrogen and oxygen atoms in total. The van der Waals surface area contributed by atoms with E-state index in [4.69, 9.17) is 0 Å². The lowest BCUT2D eigenvalue weighted by Crippen LogP contribution is -2.22. The molecule has 0 fully saturated rings. The standard InChI is InChI=1S/C5H6N2/c1-7-4-2-6-3-5-7/h2-5H,1H2/q+1. The molecule has 2 heteroatoms. The zero-order valence-electron chi connectivity index (χ0n) is 3.91. The van der Waals surface area contributed by atoms with Crippen LogP contribution >= 0.6 is 0 Å². The van der Waals surface area contributed by atoms with Crippen molar-refractivity contribution in [3.63, 3.8) is 0 Å². The van der Waals surface area contributed by atoms with E-state index in [2.05, 4.69) is 12.0 Å². The summed E-state index contributed by atoms with van der Waals surface area (Å²) in [6.07, 6.45) is 6.93. The zero-order valence-corrected chi connectivity index (χ0v) is 3.91. The molecule has 0 bridgehead atoms. The molecule has 35 valence electrons. The summed E-state index contributed by atoms with van der Waals surface area (Å²) in [5, 5.41) is 0. The quantitative estimate of drug-likeness (QED) is 0.414. The Hall–Kier alpha value is -0.920. The first-order valence-electron chi connectivity index (χ1n) is 2.02. The number of hydrogen-bond acceptors (Lipinski definition) is 1. The molecular formula is C5H6N2+. The summed E-state index contributed by atoms with van der Waals surface area (Å²) in [5.41, 5.74) is 0. The van der Waals surface area contributed by atoms with Crippen LogP contribution in [0.5, 0.6) is 0 Å². The van der Waals surface area contributed by atoms with Gasteiger partial charge in [0.1, 0.15) is 0 Å². The largest absolute Gasteiger partial charge is 0.252 e. The monoisotopic (exact) mass is 94.1 g/mol. The topological polar surface area (TPSA) is 16.8 Å². The molecule has 1 aromatic rings. The van der Waals surface area contributed by atoms with Crippen molar-refractivity contribution in [1.82, 2.24) is 4.98 Å². The average molecular weight is 94.1 g/mol. The number of nitrogens with zero attached hydrogens (tertiary/aromatic N) is 2. The third-order valence-corrected chi connectivity index (χ3v) is 0.688. The Bertz CT molecular complexity index is 136. The maximum atomic E-state index is 3.78. The van der Waals surface area contributed by atoms with Gasteiger partial charge in [-0.3, -0.25) is 4.98 Å². The molecule has 0 amide bonds. The molecule has 1 aromatic heterocycles. The van der Waals surface area contributed by atoms with Crippen LogP contribution in [0.15, 0.2) is 24.8 Å². The molecule has 1 radical (unpaired) electrons. The highest BCUT2D eigenvalue weighted by Gasteiger charge is 1.80. The van der Waals surface area contributed by atoms with Crippen molar-refractivity contribution in [2.24, 2.45) is 0 Å². The highest BCUT2D eigenvalue weighted by molar-refractivity contribution is 4.62. The lowest BCUT2D eigenvalue weighted by molar-refractivity contribution is -0.612. The van der Waals surface area contributed by atoms with Crippen molar-refractivity contribution in [2.75, 3.05) is 0 Å². The SMILES string of the molecule is [CH2][n+]1ccncc1. The van der Waals surface area contributed by atoms with Gasteiger partial charge in [-0.1, -0.05) is 0 Å². The zero-order chi connectivity index (χ0) is 5.11. The van der Waals surface area contributed by atoms with Crippen LogP contribution in [-0.2, 0) is 0 Å². The molecule has 0 saturated carbocycles. The van der Waals surface area contributed by atoms with Crippen molar-refractivity contribution >= 4 is 0 Å². The van der Waals surface area contributed by atoms with E-state index >= 15 is 0 Å². The van der Waals surface area contributed by atoms with Gasteiger partial charge in [-0.2, -0.15) is 4.57 Å². The average Bonchev–Trinajstić information content (AvgIpc) is 1.69. The first-order chi connectivity index (χ1) is 3.39. The molecule has 0 N–H and O–H groups in total. The molecule has 0 aliphatic carbocycles. The van der Waals surface area contributed by atoms with Crippen molar-refractivity contribution in [3.05, 3.63) is 31.8 Å². The van der Waals surface area contributed by atoms with E-state index in [1.165, 1.54) is 0 Å².